The Hall–Kier alpha value is -3.15. The molecule has 0 saturated heterocycles. The van der Waals surface area contributed by atoms with E-state index in [-0.39, 0.29) is 12.3 Å². The lowest BCUT2D eigenvalue weighted by Gasteiger charge is -2.20. The number of hydrogen-bond donors (Lipinski definition) is 2. The first-order chi connectivity index (χ1) is 12.5. The number of nitrogens with zero attached hydrogens (tertiary/aromatic N) is 2. The number of nitrogens with two attached hydrogens (primary N) is 1. The number of carbonyl (C=O) groups is 2. The van der Waals surface area contributed by atoms with Gasteiger partial charge < -0.3 is 11.1 Å². The summed E-state index contributed by atoms with van der Waals surface area (Å²) < 4.78 is 0. The number of amides is 2. The summed E-state index contributed by atoms with van der Waals surface area (Å²) >= 11 is 0. The van der Waals surface area contributed by atoms with Crippen molar-refractivity contribution in [1.82, 2.24) is 5.32 Å². The summed E-state index contributed by atoms with van der Waals surface area (Å²) in [5, 5.41) is 8.75. The summed E-state index contributed by atoms with van der Waals surface area (Å²) in [6.45, 7) is 4.46. The highest BCUT2D eigenvalue weighted by atomic mass is 16.2. The lowest BCUT2D eigenvalue weighted by atomic mass is 10.1. The molecule has 1 unspecified atom stereocenters. The topological polar surface area (TPSA) is 87.8 Å². The van der Waals surface area contributed by atoms with Crippen LogP contribution in [0.1, 0.15) is 23.1 Å². The molecule has 6 nitrogen and oxygen atoms in total. The largest absolute Gasteiger partial charge is 0.368 e. The Bertz CT molecular complexity index is 861. The number of primary amides is 1. The minimum Gasteiger partial charge on any atom is -0.368 e. The summed E-state index contributed by atoms with van der Waals surface area (Å²) in [6, 6.07) is 14.7. The molecule has 26 heavy (non-hydrogen) atoms. The number of benzene rings is 2. The standard InChI is InChI=1S/C20H22N4O2/c1-13-8-9-15(14(2)10-13)12-22-20(26)17-11-18(19(21)25)24(23-17)16-6-4-3-5-7-16/h3-10,18H,11-12H2,1-2H3,(H2,21,25)(H,22,26). The van der Waals surface area contributed by atoms with Gasteiger partial charge in [-0.05, 0) is 37.1 Å². The fourth-order valence-electron chi connectivity index (χ4n) is 3.01. The molecule has 3 rings (SSSR count). The van der Waals surface area contributed by atoms with Gasteiger partial charge in [-0.25, -0.2) is 0 Å². The van der Waals surface area contributed by atoms with Crippen molar-refractivity contribution in [2.24, 2.45) is 10.8 Å². The van der Waals surface area contributed by atoms with Gasteiger partial charge >= 0.3 is 0 Å². The van der Waals surface area contributed by atoms with Crippen molar-refractivity contribution in [3.05, 3.63) is 65.2 Å². The Kier molecular flexibility index (Phi) is 5.02. The first-order valence-electron chi connectivity index (χ1n) is 8.51. The second-order valence-electron chi connectivity index (χ2n) is 6.46. The molecule has 0 saturated carbocycles. The summed E-state index contributed by atoms with van der Waals surface area (Å²) in [5.41, 5.74) is 9.89. The lowest BCUT2D eigenvalue weighted by Crippen LogP contribution is -2.39. The first kappa shape index (κ1) is 17.7. The molecule has 6 heteroatoms. The van der Waals surface area contributed by atoms with Crippen molar-refractivity contribution < 1.29 is 9.59 Å². The molecule has 2 amide bonds. The van der Waals surface area contributed by atoms with E-state index in [1.807, 2.05) is 56.3 Å². The van der Waals surface area contributed by atoms with Gasteiger partial charge in [0.2, 0.25) is 5.91 Å². The highest BCUT2D eigenvalue weighted by Gasteiger charge is 2.34. The van der Waals surface area contributed by atoms with E-state index in [4.69, 9.17) is 5.73 Å². The van der Waals surface area contributed by atoms with Crippen molar-refractivity contribution in [2.75, 3.05) is 5.01 Å². The van der Waals surface area contributed by atoms with Gasteiger partial charge in [0.05, 0.1) is 5.69 Å². The predicted octanol–water partition coefficient (Wildman–Crippen LogP) is 2.04. The van der Waals surface area contributed by atoms with Gasteiger partial charge in [0.15, 0.2) is 0 Å². The molecular formula is C20H22N4O2. The van der Waals surface area contributed by atoms with Crippen molar-refractivity contribution in [1.29, 1.82) is 0 Å². The van der Waals surface area contributed by atoms with Crippen LogP contribution in [0.5, 0.6) is 0 Å². The zero-order valence-electron chi connectivity index (χ0n) is 14.9. The van der Waals surface area contributed by atoms with Crippen LogP contribution in [0.3, 0.4) is 0 Å². The van der Waals surface area contributed by atoms with Gasteiger partial charge in [-0.1, -0.05) is 42.0 Å². The fraction of sp³-hybridized carbons (Fsp3) is 0.250. The van der Waals surface area contributed by atoms with Crippen molar-refractivity contribution in [2.45, 2.75) is 32.9 Å². The number of aryl methyl sites for hydroxylation is 2. The molecule has 0 bridgehead atoms. The number of anilines is 1. The van der Waals surface area contributed by atoms with Gasteiger partial charge in [-0.2, -0.15) is 5.10 Å². The molecule has 0 aliphatic carbocycles. The monoisotopic (exact) mass is 350 g/mol. The van der Waals surface area contributed by atoms with Gasteiger partial charge in [0.25, 0.3) is 5.91 Å². The second-order valence-corrected chi connectivity index (χ2v) is 6.46. The van der Waals surface area contributed by atoms with Crippen LogP contribution in [0, 0.1) is 13.8 Å². The van der Waals surface area contributed by atoms with Gasteiger partial charge in [-0.3, -0.25) is 14.6 Å². The zero-order chi connectivity index (χ0) is 18.7. The number of para-hydroxylation sites is 1. The van der Waals surface area contributed by atoms with E-state index in [2.05, 4.69) is 16.5 Å². The maximum absolute atomic E-state index is 12.5. The first-order valence-corrected chi connectivity index (χ1v) is 8.51. The SMILES string of the molecule is Cc1ccc(CNC(=O)C2=NN(c3ccccc3)C(C(N)=O)C2)c(C)c1. The van der Waals surface area contributed by atoms with E-state index in [1.54, 1.807) is 0 Å². The van der Waals surface area contributed by atoms with Crippen LogP contribution in [0.2, 0.25) is 0 Å². The molecule has 1 aliphatic rings. The number of carbonyl (C=O) groups excluding carboxylic acids is 2. The Balaban J connectivity index is 1.73. The van der Waals surface area contributed by atoms with E-state index in [0.29, 0.717) is 12.3 Å². The van der Waals surface area contributed by atoms with Crippen LogP contribution in [0.15, 0.2) is 53.6 Å². The quantitative estimate of drug-likeness (QED) is 0.865. The predicted molar refractivity (Wildman–Crippen MR) is 102 cm³/mol. The molecule has 2 aromatic rings. The van der Waals surface area contributed by atoms with Gasteiger partial charge in [0, 0.05) is 13.0 Å². The summed E-state index contributed by atoms with van der Waals surface area (Å²) in [6.07, 6.45) is 0.197. The van der Waals surface area contributed by atoms with Crippen LogP contribution in [-0.4, -0.2) is 23.6 Å². The summed E-state index contributed by atoms with van der Waals surface area (Å²) in [4.78, 5) is 24.3. The summed E-state index contributed by atoms with van der Waals surface area (Å²) in [5.74, 6) is -0.788. The van der Waals surface area contributed by atoms with E-state index in [9.17, 15) is 9.59 Å². The average molecular weight is 350 g/mol. The van der Waals surface area contributed by atoms with E-state index in [1.165, 1.54) is 10.6 Å². The number of hydrogen-bond acceptors (Lipinski definition) is 4. The summed E-state index contributed by atoms with van der Waals surface area (Å²) in [7, 11) is 0. The minimum absolute atomic E-state index is 0.197. The fourth-order valence-corrected chi connectivity index (χ4v) is 3.01. The molecule has 0 radical (unpaired) electrons. The number of rotatable bonds is 5. The maximum Gasteiger partial charge on any atom is 0.267 e. The highest BCUT2D eigenvalue weighted by molar-refractivity contribution is 6.40. The van der Waals surface area contributed by atoms with Gasteiger partial charge in [-0.15, -0.1) is 0 Å². The molecule has 0 fully saturated rings. The van der Waals surface area contributed by atoms with E-state index < -0.39 is 11.9 Å². The molecule has 1 atom stereocenters. The Morgan fingerprint density at radius 2 is 1.92 bits per heavy atom. The lowest BCUT2D eigenvalue weighted by molar-refractivity contribution is -0.119. The molecule has 0 aromatic heterocycles. The molecule has 2 aromatic carbocycles. The normalized spacial score (nSPS) is 16.3. The minimum atomic E-state index is -0.653. The van der Waals surface area contributed by atoms with Crippen molar-refractivity contribution in [3.8, 4) is 0 Å². The third-order valence-electron chi connectivity index (χ3n) is 4.46. The Labute approximate surface area is 152 Å². The van der Waals surface area contributed by atoms with Crippen LogP contribution < -0.4 is 16.1 Å². The third kappa shape index (κ3) is 3.74. The Morgan fingerprint density at radius 1 is 1.19 bits per heavy atom. The molecule has 1 aliphatic heterocycles. The third-order valence-corrected chi connectivity index (χ3v) is 4.46. The molecule has 1 heterocycles. The second kappa shape index (κ2) is 7.39. The smallest absolute Gasteiger partial charge is 0.267 e. The average Bonchev–Trinajstić information content (AvgIpc) is 3.07. The van der Waals surface area contributed by atoms with E-state index in [0.717, 1.165) is 16.8 Å². The van der Waals surface area contributed by atoms with Crippen molar-refractivity contribution >= 4 is 23.2 Å². The molecule has 134 valence electrons. The number of hydrazone groups is 1. The molecule has 3 N–H and O–H groups in total. The maximum atomic E-state index is 12.5. The zero-order valence-corrected chi connectivity index (χ0v) is 14.9. The van der Waals surface area contributed by atoms with Crippen LogP contribution >= 0.6 is 0 Å². The van der Waals surface area contributed by atoms with Crippen LogP contribution in [0.4, 0.5) is 5.69 Å². The van der Waals surface area contributed by atoms with E-state index >= 15 is 0 Å². The molecular weight excluding hydrogens is 328 g/mol. The highest BCUT2D eigenvalue weighted by Crippen LogP contribution is 2.24. The van der Waals surface area contributed by atoms with Gasteiger partial charge in [0.1, 0.15) is 11.8 Å². The molecule has 0 spiro atoms. The van der Waals surface area contributed by atoms with Crippen molar-refractivity contribution in [3.63, 3.8) is 0 Å². The van der Waals surface area contributed by atoms with Crippen LogP contribution in [0.25, 0.3) is 0 Å². The number of nitrogens with one attached hydrogen (secondary N) is 1. The van der Waals surface area contributed by atoms with Crippen LogP contribution in [-0.2, 0) is 16.1 Å². The Morgan fingerprint density at radius 3 is 2.58 bits per heavy atom.